The Morgan fingerprint density at radius 2 is 2.06 bits per heavy atom. The molecule has 1 aromatic carbocycles. The maximum atomic E-state index is 11.0. The molecule has 0 fully saturated rings. The van der Waals surface area contributed by atoms with Crippen LogP contribution in [-0.4, -0.2) is 24.2 Å². The van der Waals surface area contributed by atoms with Crippen LogP contribution in [0.25, 0.3) is 0 Å². The normalized spacial score (nSPS) is 13.2. The first kappa shape index (κ1) is 13.5. The van der Waals surface area contributed by atoms with E-state index in [2.05, 4.69) is 0 Å². The Kier molecular flexibility index (Phi) is 3.78. The minimum atomic E-state index is -1.00. The fourth-order valence-corrected chi connectivity index (χ4v) is 2.01. The molecule has 1 unspecified atom stereocenters. The van der Waals surface area contributed by atoms with E-state index in [-0.39, 0.29) is 0 Å². The standard InChI is InChI=1S/C13H19NO3/c1-8-9(6-5-7-10(8)17-4)13(2,3)11(14)12(15)16/h5-7,11H,14H2,1-4H3,(H,15,16). The number of hydrogen-bond acceptors (Lipinski definition) is 3. The number of aliphatic carboxylic acids is 1. The number of methoxy groups -OCH3 is 1. The maximum Gasteiger partial charge on any atom is 0.321 e. The summed E-state index contributed by atoms with van der Waals surface area (Å²) in [5.74, 6) is -0.259. The highest BCUT2D eigenvalue weighted by molar-refractivity contribution is 5.76. The van der Waals surface area contributed by atoms with Crippen LogP contribution in [0.4, 0.5) is 0 Å². The fourth-order valence-electron chi connectivity index (χ4n) is 2.01. The number of nitrogens with two attached hydrogens (primary N) is 1. The van der Waals surface area contributed by atoms with Crippen LogP contribution in [-0.2, 0) is 10.2 Å². The van der Waals surface area contributed by atoms with E-state index in [0.29, 0.717) is 0 Å². The van der Waals surface area contributed by atoms with Gasteiger partial charge in [0.15, 0.2) is 0 Å². The lowest BCUT2D eigenvalue weighted by atomic mass is 9.76. The largest absolute Gasteiger partial charge is 0.496 e. The first-order valence-corrected chi connectivity index (χ1v) is 5.44. The van der Waals surface area contributed by atoms with Gasteiger partial charge in [0.05, 0.1) is 7.11 Å². The molecule has 0 amide bonds. The van der Waals surface area contributed by atoms with E-state index in [0.717, 1.165) is 16.9 Å². The molecule has 0 bridgehead atoms. The van der Waals surface area contributed by atoms with E-state index in [9.17, 15) is 4.79 Å². The van der Waals surface area contributed by atoms with Crippen molar-refractivity contribution in [3.63, 3.8) is 0 Å². The Labute approximate surface area is 101 Å². The molecule has 0 spiro atoms. The molecular formula is C13H19NO3. The molecule has 0 aliphatic carbocycles. The van der Waals surface area contributed by atoms with Crippen molar-refractivity contribution in [3.8, 4) is 5.75 Å². The summed E-state index contributed by atoms with van der Waals surface area (Å²) in [4.78, 5) is 11.0. The van der Waals surface area contributed by atoms with Crippen molar-refractivity contribution in [2.45, 2.75) is 32.2 Å². The van der Waals surface area contributed by atoms with Crippen molar-refractivity contribution in [3.05, 3.63) is 29.3 Å². The molecular weight excluding hydrogens is 218 g/mol. The van der Waals surface area contributed by atoms with Crippen molar-refractivity contribution in [2.24, 2.45) is 5.73 Å². The quantitative estimate of drug-likeness (QED) is 0.836. The summed E-state index contributed by atoms with van der Waals surface area (Å²) in [5, 5.41) is 9.04. The molecule has 17 heavy (non-hydrogen) atoms. The van der Waals surface area contributed by atoms with E-state index in [4.69, 9.17) is 15.6 Å². The van der Waals surface area contributed by atoms with Gasteiger partial charge in [-0.3, -0.25) is 4.79 Å². The predicted octanol–water partition coefficient (Wildman–Crippen LogP) is 1.69. The summed E-state index contributed by atoms with van der Waals surface area (Å²) in [7, 11) is 1.59. The number of hydrogen-bond donors (Lipinski definition) is 2. The van der Waals surface area contributed by atoms with E-state index < -0.39 is 17.4 Å². The van der Waals surface area contributed by atoms with Crippen molar-refractivity contribution in [1.29, 1.82) is 0 Å². The van der Waals surface area contributed by atoms with Gasteiger partial charge >= 0.3 is 5.97 Å². The van der Waals surface area contributed by atoms with Crippen LogP contribution in [0.5, 0.6) is 5.75 Å². The van der Waals surface area contributed by atoms with E-state index in [1.165, 1.54) is 0 Å². The summed E-state index contributed by atoms with van der Waals surface area (Å²) in [5.41, 5.74) is 6.92. The van der Waals surface area contributed by atoms with Crippen molar-refractivity contribution in [2.75, 3.05) is 7.11 Å². The topological polar surface area (TPSA) is 72.5 Å². The van der Waals surface area contributed by atoms with Gasteiger partial charge < -0.3 is 15.6 Å². The highest BCUT2D eigenvalue weighted by Gasteiger charge is 2.35. The lowest BCUT2D eigenvalue weighted by Gasteiger charge is -2.31. The van der Waals surface area contributed by atoms with Crippen molar-refractivity contribution >= 4 is 5.97 Å². The first-order chi connectivity index (χ1) is 7.82. The van der Waals surface area contributed by atoms with Crippen LogP contribution in [0.3, 0.4) is 0 Å². The number of rotatable bonds is 4. The van der Waals surface area contributed by atoms with Crippen LogP contribution in [0.15, 0.2) is 18.2 Å². The summed E-state index contributed by atoms with van der Waals surface area (Å²) >= 11 is 0. The third-order valence-corrected chi connectivity index (χ3v) is 3.24. The van der Waals surface area contributed by atoms with Crippen molar-refractivity contribution < 1.29 is 14.6 Å². The second-order valence-electron chi connectivity index (χ2n) is 4.67. The van der Waals surface area contributed by atoms with E-state index in [1.54, 1.807) is 7.11 Å². The molecule has 0 aromatic heterocycles. The summed E-state index contributed by atoms with van der Waals surface area (Å²) < 4.78 is 5.23. The molecule has 0 saturated carbocycles. The van der Waals surface area contributed by atoms with Gasteiger partial charge in [0.25, 0.3) is 0 Å². The van der Waals surface area contributed by atoms with Gasteiger partial charge in [0, 0.05) is 5.41 Å². The minimum absolute atomic E-state index is 0.648. The van der Waals surface area contributed by atoms with Gasteiger partial charge in [0.1, 0.15) is 11.8 Å². The molecule has 0 aliphatic heterocycles. The Bertz CT molecular complexity index is 427. The maximum absolute atomic E-state index is 11.0. The predicted molar refractivity (Wildman–Crippen MR) is 66.4 cm³/mol. The average molecular weight is 237 g/mol. The smallest absolute Gasteiger partial charge is 0.321 e. The Morgan fingerprint density at radius 3 is 2.53 bits per heavy atom. The van der Waals surface area contributed by atoms with Crippen molar-refractivity contribution in [1.82, 2.24) is 0 Å². The Balaban J connectivity index is 3.28. The Hall–Kier alpha value is -1.55. The average Bonchev–Trinajstić information content (AvgIpc) is 2.27. The molecule has 0 aliphatic rings. The summed E-state index contributed by atoms with van der Waals surface area (Å²) in [6.07, 6.45) is 0. The molecule has 1 atom stereocenters. The van der Waals surface area contributed by atoms with Gasteiger partial charge in [-0.15, -0.1) is 0 Å². The monoisotopic (exact) mass is 237 g/mol. The number of benzene rings is 1. The van der Waals surface area contributed by atoms with Crippen LogP contribution < -0.4 is 10.5 Å². The highest BCUT2D eigenvalue weighted by Crippen LogP contribution is 2.33. The third-order valence-electron chi connectivity index (χ3n) is 3.24. The highest BCUT2D eigenvalue weighted by atomic mass is 16.5. The molecule has 4 heteroatoms. The molecule has 4 nitrogen and oxygen atoms in total. The van der Waals surface area contributed by atoms with Gasteiger partial charge in [-0.25, -0.2) is 0 Å². The lowest BCUT2D eigenvalue weighted by molar-refractivity contribution is -0.140. The SMILES string of the molecule is COc1cccc(C(C)(C)C(N)C(=O)O)c1C. The van der Waals surface area contributed by atoms with Crippen LogP contribution in [0, 0.1) is 6.92 Å². The minimum Gasteiger partial charge on any atom is -0.496 e. The molecule has 94 valence electrons. The molecule has 3 N–H and O–H groups in total. The van der Waals surface area contributed by atoms with E-state index in [1.807, 2.05) is 39.0 Å². The summed E-state index contributed by atoms with van der Waals surface area (Å²) in [6.45, 7) is 5.56. The number of carbonyl (C=O) groups is 1. The number of carboxylic acid groups (broad SMARTS) is 1. The van der Waals surface area contributed by atoms with Crippen LogP contribution >= 0.6 is 0 Å². The molecule has 1 aromatic rings. The third kappa shape index (κ3) is 2.42. The first-order valence-electron chi connectivity index (χ1n) is 5.44. The van der Waals surface area contributed by atoms with Gasteiger partial charge in [0.2, 0.25) is 0 Å². The summed E-state index contributed by atoms with van der Waals surface area (Å²) in [6, 6.07) is 4.63. The van der Waals surface area contributed by atoms with E-state index >= 15 is 0 Å². The van der Waals surface area contributed by atoms with Gasteiger partial charge in [-0.1, -0.05) is 26.0 Å². The van der Waals surface area contributed by atoms with Crippen LogP contribution in [0.2, 0.25) is 0 Å². The van der Waals surface area contributed by atoms with Gasteiger partial charge in [-0.05, 0) is 24.1 Å². The lowest BCUT2D eigenvalue weighted by Crippen LogP contribution is -2.47. The second-order valence-corrected chi connectivity index (χ2v) is 4.67. The van der Waals surface area contributed by atoms with Gasteiger partial charge in [-0.2, -0.15) is 0 Å². The molecule has 0 heterocycles. The molecule has 1 rings (SSSR count). The number of carboxylic acids is 1. The Morgan fingerprint density at radius 1 is 1.47 bits per heavy atom. The molecule has 0 radical (unpaired) electrons. The zero-order valence-electron chi connectivity index (χ0n) is 10.7. The zero-order valence-corrected chi connectivity index (χ0v) is 10.7. The van der Waals surface area contributed by atoms with Crippen LogP contribution in [0.1, 0.15) is 25.0 Å². The molecule has 0 saturated heterocycles. The zero-order chi connectivity index (χ0) is 13.2. The fraction of sp³-hybridized carbons (Fsp3) is 0.462. The number of ether oxygens (including phenoxy) is 1. The second kappa shape index (κ2) is 4.75.